The van der Waals surface area contributed by atoms with Gasteiger partial charge in [0.1, 0.15) is 0 Å². The first-order valence-corrected chi connectivity index (χ1v) is 13.8. The quantitative estimate of drug-likeness (QED) is 0.529. The Bertz CT molecular complexity index is 567. The van der Waals surface area contributed by atoms with Crippen LogP contribution in [0.3, 0.4) is 0 Å². The van der Waals surface area contributed by atoms with Crippen LogP contribution in [0.2, 0.25) is 0 Å². The maximum Gasteiger partial charge on any atom is -0.00269 e. The summed E-state index contributed by atoms with van der Waals surface area (Å²) in [6, 6.07) is 14.9. The van der Waals surface area contributed by atoms with E-state index in [0.717, 1.165) is 0 Å². The number of hydrogen-bond donors (Lipinski definition) is 0. The lowest BCUT2D eigenvalue weighted by atomic mass is 10.0. The molecule has 3 aliphatic rings. The van der Waals surface area contributed by atoms with Crippen LogP contribution in [0.5, 0.6) is 0 Å². The van der Waals surface area contributed by atoms with Crippen molar-refractivity contribution in [3.63, 3.8) is 0 Å². The Kier molecular flexibility index (Phi) is 7.56. The van der Waals surface area contributed by atoms with Crippen molar-refractivity contribution in [3.8, 4) is 0 Å². The van der Waals surface area contributed by atoms with Crippen molar-refractivity contribution in [3.05, 3.63) is 69.8 Å². The molecule has 0 fully saturated rings. The van der Waals surface area contributed by atoms with E-state index in [1.807, 2.05) is 0 Å². The molecular weight excluding hydrogens is 384 g/mol. The zero-order valence-corrected chi connectivity index (χ0v) is 18.6. The zero-order valence-electron chi connectivity index (χ0n) is 16.2. The van der Waals surface area contributed by atoms with Gasteiger partial charge in [0.25, 0.3) is 0 Å². The fourth-order valence-electron chi connectivity index (χ4n) is 3.99. The first-order valence-electron chi connectivity index (χ1n) is 10.3. The van der Waals surface area contributed by atoms with Gasteiger partial charge in [-0.2, -0.15) is 35.3 Å². The molecule has 2 aromatic rings. The van der Waals surface area contributed by atoms with Gasteiger partial charge < -0.3 is 0 Å². The molecule has 0 amide bonds. The van der Waals surface area contributed by atoms with Gasteiger partial charge in [-0.3, -0.25) is 0 Å². The monoisotopic (exact) mass is 414 g/mol. The summed E-state index contributed by atoms with van der Waals surface area (Å²) in [4.78, 5) is 0. The average molecular weight is 415 g/mol. The van der Waals surface area contributed by atoms with Crippen molar-refractivity contribution in [1.29, 1.82) is 0 Å². The summed E-state index contributed by atoms with van der Waals surface area (Å²) in [5.74, 6) is 7.49. The minimum Gasteiger partial charge on any atom is -0.161 e. The summed E-state index contributed by atoms with van der Waals surface area (Å²) >= 11 is 6.38. The maximum atomic E-state index is 2.49. The van der Waals surface area contributed by atoms with E-state index in [1.165, 1.54) is 73.0 Å². The van der Waals surface area contributed by atoms with Crippen molar-refractivity contribution in [2.24, 2.45) is 0 Å². The van der Waals surface area contributed by atoms with Gasteiger partial charge in [0.05, 0.1) is 0 Å². The van der Waals surface area contributed by atoms with E-state index < -0.39 is 0 Å². The lowest BCUT2D eigenvalue weighted by molar-refractivity contribution is 1.03. The molecule has 3 aliphatic heterocycles. The molecule has 0 aliphatic carbocycles. The summed E-state index contributed by atoms with van der Waals surface area (Å²) in [6.07, 6.45) is 7.32. The molecule has 0 saturated heterocycles. The molecule has 0 aromatic heterocycles. The van der Waals surface area contributed by atoms with Gasteiger partial charge in [0.2, 0.25) is 0 Å². The lowest BCUT2D eigenvalue weighted by Crippen LogP contribution is -2.03. The highest BCUT2D eigenvalue weighted by Gasteiger charge is 2.07. The van der Waals surface area contributed by atoms with E-state index in [0.29, 0.717) is 0 Å². The van der Waals surface area contributed by atoms with Crippen LogP contribution in [0.25, 0.3) is 0 Å². The molecule has 0 unspecified atom stereocenters. The topological polar surface area (TPSA) is 0 Å². The largest absolute Gasteiger partial charge is 0.161 e. The molecule has 3 heterocycles. The highest BCUT2D eigenvalue weighted by atomic mass is 32.2. The van der Waals surface area contributed by atoms with Gasteiger partial charge in [0, 0.05) is 0 Å². The van der Waals surface area contributed by atoms with Crippen LogP contribution in [-0.2, 0) is 38.5 Å². The smallest absolute Gasteiger partial charge is 0.00269 e. The summed E-state index contributed by atoms with van der Waals surface area (Å²) in [6.45, 7) is 0. The molecular formula is C24H30S3. The zero-order chi connectivity index (χ0) is 18.3. The number of hydrogen-bond acceptors (Lipinski definition) is 3. The molecule has 144 valence electrons. The Morgan fingerprint density at radius 2 is 0.519 bits per heavy atom. The first-order chi connectivity index (χ1) is 13.3. The van der Waals surface area contributed by atoms with Crippen molar-refractivity contribution >= 4 is 35.3 Å². The minimum absolute atomic E-state index is 1.22. The Hall–Kier alpha value is -0.510. The molecule has 0 saturated carbocycles. The number of fused-ring (bicyclic) bond motifs is 12. The second kappa shape index (κ2) is 10.3. The highest BCUT2D eigenvalue weighted by Crippen LogP contribution is 2.22. The minimum atomic E-state index is 1.22. The molecule has 5 rings (SSSR count). The number of rotatable bonds is 0. The molecule has 0 nitrogen and oxygen atoms in total. The number of aryl methyl sites for hydroxylation is 6. The molecule has 0 atom stereocenters. The fourth-order valence-corrected chi connectivity index (χ4v) is 6.88. The van der Waals surface area contributed by atoms with Crippen LogP contribution in [0, 0.1) is 0 Å². The summed E-state index contributed by atoms with van der Waals surface area (Å²) in [5, 5.41) is 0. The van der Waals surface area contributed by atoms with Crippen molar-refractivity contribution < 1.29 is 0 Å². The van der Waals surface area contributed by atoms with E-state index in [2.05, 4.69) is 71.7 Å². The van der Waals surface area contributed by atoms with Crippen molar-refractivity contribution in [1.82, 2.24) is 0 Å². The Morgan fingerprint density at radius 3 is 0.704 bits per heavy atom. The van der Waals surface area contributed by atoms with Crippen LogP contribution in [-0.4, -0.2) is 34.5 Å². The molecule has 0 N–H and O–H groups in total. The Balaban J connectivity index is 1.63. The SMILES string of the molecule is c1c2cc3cc1CCSCCc1cc(cc(c1)CCSCC3)CCSCC2. The van der Waals surface area contributed by atoms with Crippen LogP contribution < -0.4 is 0 Å². The lowest BCUT2D eigenvalue weighted by Gasteiger charge is -2.14. The van der Waals surface area contributed by atoms with E-state index in [9.17, 15) is 0 Å². The second-order valence-corrected chi connectivity index (χ2v) is 11.3. The molecule has 2 aromatic carbocycles. The number of benzene rings is 2. The van der Waals surface area contributed by atoms with E-state index in [4.69, 9.17) is 0 Å². The third-order valence-electron chi connectivity index (χ3n) is 5.44. The van der Waals surface area contributed by atoms with Gasteiger partial charge in [-0.05, 0) is 106 Å². The fraction of sp³-hybridized carbons (Fsp3) is 0.500. The van der Waals surface area contributed by atoms with Crippen molar-refractivity contribution in [2.75, 3.05) is 34.5 Å². The van der Waals surface area contributed by atoms with Gasteiger partial charge in [-0.1, -0.05) is 36.4 Å². The van der Waals surface area contributed by atoms with E-state index >= 15 is 0 Å². The third kappa shape index (κ3) is 6.24. The first kappa shape index (κ1) is 19.8. The van der Waals surface area contributed by atoms with Crippen LogP contribution in [0.15, 0.2) is 36.4 Å². The predicted octanol–water partition coefficient (Wildman–Crippen LogP) is 5.87. The van der Waals surface area contributed by atoms with Crippen LogP contribution in [0.4, 0.5) is 0 Å². The number of thioether (sulfide) groups is 3. The third-order valence-corrected chi connectivity index (χ3v) is 8.39. The molecule has 0 radical (unpaired) electrons. The maximum absolute atomic E-state index is 2.49. The van der Waals surface area contributed by atoms with Crippen LogP contribution in [0.1, 0.15) is 33.4 Å². The highest BCUT2D eigenvalue weighted by molar-refractivity contribution is 7.99. The van der Waals surface area contributed by atoms with E-state index in [1.54, 1.807) is 33.4 Å². The molecule has 6 bridgehead atoms. The van der Waals surface area contributed by atoms with Gasteiger partial charge in [-0.25, -0.2) is 0 Å². The molecule has 0 spiro atoms. The second-order valence-electron chi connectivity index (χ2n) is 7.65. The van der Waals surface area contributed by atoms with Gasteiger partial charge in [0.15, 0.2) is 0 Å². The molecule has 27 heavy (non-hydrogen) atoms. The summed E-state index contributed by atoms with van der Waals surface area (Å²) in [5.41, 5.74) is 9.38. The van der Waals surface area contributed by atoms with Crippen LogP contribution >= 0.6 is 35.3 Å². The normalized spacial score (nSPS) is 19.1. The predicted molar refractivity (Wildman–Crippen MR) is 127 cm³/mol. The van der Waals surface area contributed by atoms with Gasteiger partial charge >= 0.3 is 0 Å². The van der Waals surface area contributed by atoms with Gasteiger partial charge in [-0.15, -0.1) is 0 Å². The molecule has 3 heteroatoms. The average Bonchev–Trinajstić information content (AvgIpc) is 2.66. The summed E-state index contributed by atoms with van der Waals surface area (Å²) < 4.78 is 0. The Morgan fingerprint density at radius 1 is 0.333 bits per heavy atom. The standard InChI is InChI=1S/C24H30S3/c1-7-25-8-2-22-16-23-5-11-26-9-3-20-13-19(1)14-21(15-20)4-10-27-12-6-24(17-22)18-23/h13-18H,1-12H2. The summed E-state index contributed by atoms with van der Waals surface area (Å²) in [7, 11) is 0. The Labute approximate surface area is 177 Å². The van der Waals surface area contributed by atoms with E-state index in [-0.39, 0.29) is 0 Å². The van der Waals surface area contributed by atoms with Crippen molar-refractivity contribution in [2.45, 2.75) is 38.5 Å².